The Morgan fingerprint density at radius 1 is 1.00 bits per heavy atom. The summed E-state index contributed by atoms with van der Waals surface area (Å²) in [5.74, 6) is -5.02. The van der Waals surface area contributed by atoms with Gasteiger partial charge in [0.2, 0.25) is 0 Å². The number of rotatable bonds is 5. The number of hydrogen-bond acceptors (Lipinski definition) is 4. The summed E-state index contributed by atoms with van der Waals surface area (Å²) in [7, 11) is 0. The van der Waals surface area contributed by atoms with E-state index in [1.165, 1.54) is 0 Å². The third-order valence-electron chi connectivity index (χ3n) is 1.29. The van der Waals surface area contributed by atoms with Gasteiger partial charge in [-0.2, -0.15) is 0 Å². The van der Waals surface area contributed by atoms with Crippen molar-refractivity contribution in [3.05, 3.63) is 0 Å². The van der Waals surface area contributed by atoms with E-state index in [0.717, 1.165) is 0 Å². The number of hydrogen-bond donors (Lipinski definition) is 4. The van der Waals surface area contributed by atoms with Gasteiger partial charge >= 0.3 is 101 Å². The van der Waals surface area contributed by atoms with Crippen LogP contribution < -0.4 is 0 Å². The molecule has 0 aromatic heterocycles. The van der Waals surface area contributed by atoms with Crippen molar-refractivity contribution in [3.63, 3.8) is 0 Å². The van der Waals surface area contributed by atoms with Gasteiger partial charge in [0.15, 0.2) is 5.60 Å². The maximum Gasteiger partial charge on any atom is 2.00 e. The number of carbonyl (C=O) groups is 3. The predicted octanol–water partition coefficient (Wildman–Crippen LogP) is -1.56. The van der Waals surface area contributed by atoms with Crippen LogP contribution in [0.5, 0.6) is 0 Å². The molecule has 0 saturated heterocycles. The first-order chi connectivity index (χ1) is 5.78. The first-order valence-corrected chi connectivity index (χ1v) is 3.17. The Hall–Kier alpha value is 1.11. The molecular formula is C6H12CaO7Sr. The molecule has 0 heterocycles. The second kappa shape index (κ2) is 9.17. The molecule has 0 bridgehead atoms. The Kier molecular flexibility index (Phi) is 13.1. The standard InChI is InChI=1S/C6H8O7.Ca.Sr.4H/c7-3(8)1-6(13,5(11)12)2-4(9)10;;;;;;/h13H,1-2H2,(H,7,8)(H,9,10)(H,11,12);;;;;;/q;2*+2;4*-1. The van der Waals surface area contributed by atoms with E-state index in [-0.39, 0.29) is 88.9 Å². The molecule has 0 radical (unpaired) electrons. The van der Waals surface area contributed by atoms with Crippen LogP contribution in [0.15, 0.2) is 0 Å². The SMILES string of the molecule is O=C(O)CC(O)(CC(=O)O)C(=O)O.[Ca+2].[H-].[H-].[H-].[H-].[Sr+2]. The van der Waals surface area contributed by atoms with Gasteiger partial charge in [-0.05, 0) is 0 Å². The van der Waals surface area contributed by atoms with Crippen LogP contribution in [0.25, 0.3) is 0 Å². The first kappa shape index (κ1) is 21.4. The third kappa shape index (κ3) is 8.87. The Morgan fingerprint density at radius 3 is 1.40 bits per heavy atom. The normalized spacial score (nSPS) is 9.40. The Bertz CT molecular complexity index is 252. The van der Waals surface area contributed by atoms with Crippen LogP contribution in [0.2, 0.25) is 0 Å². The van der Waals surface area contributed by atoms with Crippen molar-refractivity contribution in [1.82, 2.24) is 0 Å². The van der Waals surface area contributed by atoms with Gasteiger partial charge in [0.05, 0.1) is 12.8 Å². The number of aliphatic hydroxyl groups is 1. The van der Waals surface area contributed by atoms with Crippen LogP contribution in [-0.4, -0.2) is 127 Å². The minimum absolute atomic E-state index is 0. The molecule has 0 aliphatic carbocycles. The van der Waals surface area contributed by atoms with Gasteiger partial charge in [0.25, 0.3) is 0 Å². The second-order valence-corrected chi connectivity index (χ2v) is 2.48. The van der Waals surface area contributed by atoms with E-state index < -0.39 is 36.4 Å². The van der Waals surface area contributed by atoms with E-state index in [9.17, 15) is 14.4 Å². The van der Waals surface area contributed by atoms with Crippen LogP contribution in [0.1, 0.15) is 18.5 Å². The topological polar surface area (TPSA) is 132 Å². The zero-order chi connectivity index (χ0) is 10.6. The average molecular weight is 324 g/mol. The molecule has 9 heteroatoms. The van der Waals surface area contributed by atoms with Gasteiger partial charge < -0.3 is 26.1 Å². The van der Waals surface area contributed by atoms with Gasteiger partial charge in [-0.25, -0.2) is 4.79 Å². The van der Waals surface area contributed by atoms with Crippen molar-refractivity contribution in [2.75, 3.05) is 0 Å². The van der Waals surface area contributed by atoms with E-state index in [2.05, 4.69) is 0 Å². The summed E-state index contributed by atoms with van der Waals surface area (Å²) < 4.78 is 0. The van der Waals surface area contributed by atoms with E-state index >= 15 is 0 Å². The van der Waals surface area contributed by atoms with Crippen LogP contribution in [0, 0.1) is 0 Å². The molecule has 0 amide bonds. The van der Waals surface area contributed by atoms with Crippen LogP contribution in [0.3, 0.4) is 0 Å². The second-order valence-electron chi connectivity index (χ2n) is 2.48. The summed E-state index contributed by atoms with van der Waals surface area (Å²) in [6, 6.07) is 0. The van der Waals surface area contributed by atoms with Crippen LogP contribution in [0.4, 0.5) is 0 Å². The molecule has 4 N–H and O–H groups in total. The van der Waals surface area contributed by atoms with Crippen molar-refractivity contribution in [3.8, 4) is 0 Å². The molecule has 0 atom stereocenters. The molecular weight excluding hydrogens is 312 g/mol. The Labute approximate surface area is 158 Å². The molecule has 0 aliphatic rings. The van der Waals surface area contributed by atoms with E-state index in [0.29, 0.717) is 0 Å². The minimum Gasteiger partial charge on any atom is -1.00 e. The quantitative estimate of drug-likeness (QED) is 0.450. The molecule has 0 aromatic rings. The number of carboxylic acid groups (broad SMARTS) is 3. The van der Waals surface area contributed by atoms with Gasteiger partial charge in [0.1, 0.15) is 0 Å². The van der Waals surface area contributed by atoms with Crippen LogP contribution >= 0.6 is 0 Å². The van der Waals surface area contributed by atoms with E-state index in [4.69, 9.17) is 20.4 Å². The third-order valence-corrected chi connectivity index (χ3v) is 1.29. The summed E-state index contributed by atoms with van der Waals surface area (Å²) in [4.78, 5) is 30.5. The van der Waals surface area contributed by atoms with E-state index in [1.54, 1.807) is 0 Å². The molecule has 0 aromatic carbocycles. The molecule has 0 unspecified atom stereocenters. The van der Waals surface area contributed by atoms with Gasteiger partial charge in [-0.3, -0.25) is 9.59 Å². The molecule has 0 fully saturated rings. The van der Waals surface area contributed by atoms with Crippen LogP contribution in [-0.2, 0) is 14.4 Å². The maximum absolute atomic E-state index is 10.3. The molecule has 82 valence electrons. The summed E-state index contributed by atoms with van der Waals surface area (Å²) in [5, 5.41) is 33.8. The van der Waals surface area contributed by atoms with Gasteiger partial charge in [-0.1, -0.05) is 0 Å². The van der Waals surface area contributed by atoms with Crippen molar-refractivity contribution in [2.45, 2.75) is 18.4 Å². The fraction of sp³-hybridized carbons (Fsp3) is 0.500. The molecule has 0 spiro atoms. The predicted molar refractivity (Wildman–Crippen MR) is 53.0 cm³/mol. The van der Waals surface area contributed by atoms with Crippen molar-refractivity contribution >= 4 is 101 Å². The summed E-state index contributed by atoms with van der Waals surface area (Å²) in [5.41, 5.74) is -2.74. The Balaban J connectivity index is -0.0000000480. The number of carboxylic acids is 3. The summed E-state index contributed by atoms with van der Waals surface area (Å²) in [6.07, 6.45) is -2.29. The first-order valence-electron chi connectivity index (χ1n) is 3.17. The van der Waals surface area contributed by atoms with Gasteiger partial charge in [0, 0.05) is 0 Å². The average Bonchev–Trinajstić information content (AvgIpc) is 1.82. The van der Waals surface area contributed by atoms with Gasteiger partial charge in [-0.15, -0.1) is 0 Å². The number of aliphatic carboxylic acids is 3. The Morgan fingerprint density at radius 2 is 1.27 bits per heavy atom. The van der Waals surface area contributed by atoms with E-state index in [1.807, 2.05) is 0 Å². The molecule has 0 aliphatic heterocycles. The fourth-order valence-electron chi connectivity index (χ4n) is 0.714. The zero-order valence-corrected chi connectivity index (χ0v) is 13.5. The maximum atomic E-state index is 10.3. The van der Waals surface area contributed by atoms with Crippen molar-refractivity contribution in [2.24, 2.45) is 0 Å². The molecule has 15 heavy (non-hydrogen) atoms. The summed E-state index contributed by atoms with van der Waals surface area (Å²) >= 11 is 0. The molecule has 7 nitrogen and oxygen atoms in total. The minimum atomic E-state index is -2.74. The molecule has 0 saturated carbocycles. The largest absolute Gasteiger partial charge is 2.00 e. The monoisotopic (exact) mass is 324 g/mol. The zero-order valence-electron chi connectivity index (χ0n) is 11.8. The smallest absolute Gasteiger partial charge is 1.00 e. The van der Waals surface area contributed by atoms with Crippen molar-refractivity contribution < 1.29 is 40.5 Å². The molecule has 0 rings (SSSR count). The summed E-state index contributed by atoms with van der Waals surface area (Å²) in [6.45, 7) is 0. The fourth-order valence-corrected chi connectivity index (χ4v) is 0.714. The van der Waals surface area contributed by atoms with Crippen molar-refractivity contribution in [1.29, 1.82) is 0 Å².